The molecular weight excluding hydrogens is 801 g/mol. The van der Waals surface area contributed by atoms with Gasteiger partial charge in [0.1, 0.15) is 30.0 Å². The van der Waals surface area contributed by atoms with Crippen LogP contribution in [0.25, 0.3) is 10.8 Å². The molecule has 6 N–H and O–H groups in total. The number of esters is 1. The Labute approximate surface area is 364 Å². The molecule has 2 aromatic rings. The highest BCUT2D eigenvalue weighted by atomic mass is 16.7. The van der Waals surface area contributed by atoms with E-state index in [2.05, 4.69) is 17.4 Å². The van der Waals surface area contributed by atoms with Crippen molar-refractivity contribution in [3.05, 3.63) is 52.8 Å². The monoisotopic (exact) mass is 866 g/mol. The highest BCUT2D eigenvalue weighted by Gasteiger charge is 2.50. The number of oxime groups is 1. The molecule has 0 saturated carbocycles. The van der Waals surface area contributed by atoms with E-state index in [1.807, 2.05) is 0 Å². The number of methoxy groups -OCH3 is 1. The molecule has 0 saturated heterocycles. The highest BCUT2D eigenvalue weighted by molar-refractivity contribution is 6.23. The number of aromatic hydroxyl groups is 3. The fourth-order valence-corrected chi connectivity index (χ4v) is 8.14. The van der Waals surface area contributed by atoms with Gasteiger partial charge in [0.15, 0.2) is 5.75 Å². The van der Waals surface area contributed by atoms with Crippen LogP contribution < -0.4 is 10.1 Å². The summed E-state index contributed by atoms with van der Waals surface area (Å²) >= 11 is 0. The fourth-order valence-electron chi connectivity index (χ4n) is 8.14. The molecule has 15 nitrogen and oxygen atoms in total. The van der Waals surface area contributed by atoms with Crippen molar-refractivity contribution in [2.75, 3.05) is 19.0 Å². The summed E-state index contributed by atoms with van der Waals surface area (Å²) in [5.74, 6) is -8.54. The molecular formula is C47H66N2O13. The van der Waals surface area contributed by atoms with Gasteiger partial charge in [0.25, 0.3) is 11.7 Å². The van der Waals surface area contributed by atoms with Crippen LogP contribution in [0.5, 0.6) is 23.0 Å². The predicted molar refractivity (Wildman–Crippen MR) is 235 cm³/mol. The number of carbonyl (C=O) groups excluding carboxylic acids is 3. The molecule has 0 aromatic heterocycles. The predicted octanol–water partition coefficient (Wildman–Crippen LogP) is 7.86. The number of amides is 1. The number of phenolic OH excluding ortho intramolecular Hbond substituents is 3. The minimum Gasteiger partial charge on any atom is -0.507 e. The maximum atomic E-state index is 14.4. The number of phenols is 3. The third-order valence-electron chi connectivity index (χ3n) is 12.1. The molecule has 15 heteroatoms. The zero-order valence-electron chi connectivity index (χ0n) is 37.7. The van der Waals surface area contributed by atoms with E-state index in [0.717, 1.165) is 38.3 Å². The Balaban J connectivity index is 1.87. The molecule has 5 bridgehead atoms. The Morgan fingerprint density at radius 1 is 0.903 bits per heavy atom. The minimum absolute atomic E-state index is 0.0426. The van der Waals surface area contributed by atoms with Crippen molar-refractivity contribution in [1.82, 2.24) is 0 Å². The number of ether oxygens (including phenoxy) is 4. The van der Waals surface area contributed by atoms with Gasteiger partial charge in [-0.1, -0.05) is 90.1 Å². The van der Waals surface area contributed by atoms with Crippen LogP contribution in [0.3, 0.4) is 0 Å². The van der Waals surface area contributed by atoms with E-state index in [9.17, 15) is 39.9 Å². The number of aliphatic hydroxyl groups excluding tert-OH is 2. The van der Waals surface area contributed by atoms with Gasteiger partial charge >= 0.3 is 11.8 Å². The normalized spacial score (nSPS) is 27.3. The van der Waals surface area contributed by atoms with Gasteiger partial charge in [0.2, 0.25) is 0 Å². The van der Waals surface area contributed by atoms with Crippen molar-refractivity contribution < 1.29 is 63.7 Å². The number of benzene rings is 2. The summed E-state index contributed by atoms with van der Waals surface area (Å²) in [7, 11) is 1.43. The lowest BCUT2D eigenvalue weighted by atomic mass is 9.78. The van der Waals surface area contributed by atoms with E-state index in [-0.39, 0.29) is 51.1 Å². The largest absolute Gasteiger partial charge is 0.507 e. The summed E-state index contributed by atoms with van der Waals surface area (Å²) in [5, 5.41) is 64.4. The first-order valence-electron chi connectivity index (χ1n) is 21.6. The van der Waals surface area contributed by atoms with Gasteiger partial charge < -0.3 is 54.6 Å². The van der Waals surface area contributed by atoms with Crippen LogP contribution in [0.1, 0.15) is 122 Å². The van der Waals surface area contributed by atoms with Crippen LogP contribution >= 0.6 is 0 Å². The van der Waals surface area contributed by atoms with Crippen molar-refractivity contribution >= 4 is 40.3 Å². The lowest BCUT2D eigenvalue weighted by molar-refractivity contribution is -0.160. The number of carbonyl (C=O) groups is 3. The van der Waals surface area contributed by atoms with Crippen LogP contribution in [-0.4, -0.2) is 93.3 Å². The Morgan fingerprint density at radius 2 is 1.56 bits per heavy atom. The third kappa shape index (κ3) is 10.9. The average molecular weight is 867 g/mol. The second-order valence-corrected chi connectivity index (χ2v) is 16.8. The van der Waals surface area contributed by atoms with Gasteiger partial charge in [-0.25, -0.2) is 0 Å². The summed E-state index contributed by atoms with van der Waals surface area (Å²) in [6.07, 6.45) is 12.0. The lowest BCUT2D eigenvalue weighted by Gasteiger charge is -2.38. The number of Topliss-reactive ketones (excluding diaryl/α,β-unsaturated/α-hetero) is 1. The number of allylic oxidation sites excluding steroid dienone is 2. The first kappa shape index (κ1) is 49.5. The van der Waals surface area contributed by atoms with Crippen molar-refractivity contribution in [2.24, 2.45) is 28.8 Å². The number of fused-ring (bicyclic) bond motifs is 14. The smallest absolute Gasteiger partial charge is 0.312 e. The number of nitrogens with one attached hydrogen (secondary N) is 1. The van der Waals surface area contributed by atoms with Crippen LogP contribution in [-0.2, 0) is 28.6 Å². The molecule has 62 heavy (non-hydrogen) atoms. The lowest BCUT2D eigenvalue weighted by Crippen LogP contribution is -2.46. The molecule has 9 atom stereocenters. The van der Waals surface area contributed by atoms with Crippen LogP contribution in [0.2, 0.25) is 0 Å². The number of anilines is 1. The topological polar surface area (TPSA) is 223 Å². The van der Waals surface area contributed by atoms with Gasteiger partial charge in [0, 0.05) is 61.2 Å². The number of hydrogen-bond acceptors (Lipinski definition) is 14. The Bertz CT molecular complexity index is 2060. The van der Waals surface area contributed by atoms with E-state index >= 15 is 0 Å². The van der Waals surface area contributed by atoms with Crippen molar-refractivity contribution in [1.29, 1.82) is 0 Å². The molecule has 9 unspecified atom stereocenters. The van der Waals surface area contributed by atoms with E-state index in [0.29, 0.717) is 0 Å². The molecule has 0 fully saturated rings. The molecule has 3 aliphatic rings. The summed E-state index contributed by atoms with van der Waals surface area (Å²) in [5.41, 5.74) is -0.538. The number of ketones is 1. The Kier molecular flexibility index (Phi) is 17.4. The standard InChI is InChI=1S/C47H66N2O13/c1-11-12-13-14-15-16-17-22-60-48-24-32-37-42(55)35-34(41(32)54)36-44(30(7)40(35)53)62-47(9,45(36)56)59-23-21-33(58-10)27(4)43(61-31(8)50)29(6)39(52)28(5)38(51)25(2)19-18-20-26(3)46(57)49-37/h18-21,23-25,27-29,33,38-39,43,51-55H,11-17,22H2,1-10H3,(H,49,57)/b19-18?,23-21?,26-20?,48-24+. The van der Waals surface area contributed by atoms with E-state index in [1.165, 1.54) is 66.1 Å². The summed E-state index contributed by atoms with van der Waals surface area (Å²) in [6.45, 7) is 14.9. The minimum atomic E-state index is -2.06. The van der Waals surface area contributed by atoms with Gasteiger partial charge in [0.05, 0.1) is 53.0 Å². The second-order valence-electron chi connectivity index (χ2n) is 16.8. The molecule has 2 aromatic carbocycles. The van der Waals surface area contributed by atoms with Crippen molar-refractivity contribution in [3.63, 3.8) is 0 Å². The molecule has 0 spiro atoms. The van der Waals surface area contributed by atoms with Gasteiger partial charge in [-0.3, -0.25) is 14.4 Å². The van der Waals surface area contributed by atoms with Gasteiger partial charge in [-0.05, 0) is 32.8 Å². The molecule has 0 aliphatic carbocycles. The van der Waals surface area contributed by atoms with E-state index in [4.69, 9.17) is 23.8 Å². The van der Waals surface area contributed by atoms with Crippen LogP contribution in [0.15, 0.2) is 41.3 Å². The Hall–Kier alpha value is -5.12. The van der Waals surface area contributed by atoms with E-state index < -0.39 is 88.8 Å². The molecule has 342 valence electrons. The quantitative estimate of drug-likeness (QED) is 0.0299. The maximum absolute atomic E-state index is 14.4. The zero-order chi connectivity index (χ0) is 46.1. The SMILES string of the molecule is CCCCCCCCCO/N=C/c1c2c(O)c3c(O)c(C)c4c(c3c1O)C(=O)C(C)(OC=CC(OC)C(C)C(OC(C)=O)C(C)C(O)C(C)C(O)C(C)C=CC=C(C)C(=O)N2)O4. The third-order valence-corrected chi connectivity index (χ3v) is 12.1. The Morgan fingerprint density at radius 3 is 2.21 bits per heavy atom. The highest BCUT2D eigenvalue weighted by Crippen LogP contribution is 2.55. The van der Waals surface area contributed by atoms with E-state index in [1.54, 1.807) is 39.8 Å². The summed E-state index contributed by atoms with van der Waals surface area (Å²) < 4.78 is 23.6. The maximum Gasteiger partial charge on any atom is 0.312 e. The van der Waals surface area contributed by atoms with Crippen molar-refractivity contribution in [2.45, 2.75) is 137 Å². The second kappa shape index (κ2) is 21.8. The average Bonchev–Trinajstić information content (AvgIpc) is 3.50. The number of rotatable bonds is 12. The zero-order valence-corrected chi connectivity index (χ0v) is 37.7. The first-order valence-corrected chi connectivity index (χ1v) is 21.6. The summed E-state index contributed by atoms with van der Waals surface area (Å²) in [4.78, 5) is 46.0. The first-order chi connectivity index (χ1) is 29.3. The van der Waals surface area contributed by atoms with Crippen molar-refractivity contribution in [3.8, 4) is 23.0 Å². The number of hydrogen-bond donors (Lipinski definition) is 6. The van der Waals surface area contributed by atoms with Gasteiger partial charge in [-0.15, -0.1) is 0 Å². The number of nitrogens with zero attached hydrogens (tertiary/aromatic N) is 1. The molecule has 3 aliphatic heterocycles. The molecule has 0 radical (unpaired) electrons. The summed E-state index contributed by atoms with van der Waals surface area (Å²) in [6, 6.07) is 0. The fraction of sp³-hybridized carbons (Fsp3) is 0.574. The number of aliphatic hydroxyl groups is 2. The molecule has 1 amide bonds. The number of unbranched alkanes of at least 4 members (excludes halogenated alkanes) is 6. The van der Waals surface area contributed by atoms with Gasteiger partial charge in [-0.2, -0.15) is 0 Å². The molecule has 3 heterocycles. The van der Waals surface area contributed by atoms with Crippen LogP contribution in [0, 0.1) is 30.6 Å². The van der Waals surface area contributed by atoms with Crippen LogP contribution in [0.4, 0.5) is 5.69 Å². The molecule has 5 rings (SSSR count).